The lowest BCUT2D eigenvalue weighted by molar-refractivity contribution is -0.120. The van der Waals surface area contributed by atoms with Crippen molar-refractivity contribution in [3.8, 4) is 0 Å². The Bertz CT molecular complexity index is 473. The molecular weight excluding hydrogens is 262 g/mol. The van der Waals surface area contributed by atoms with Gasteiger partial charge in [0.05, 0.1) is 5.69 Å². The second-order valence-electron chi connectivity index (χ2n) is 5.11. The van der Waals surface area contributed by atoms with Crippen LogP contribution >= 0.6 is 11.3 Å². The number of amides is 1. The minimum Gasteiger partial charge on any atom is -0.477 e. The van der Waals surface area contributed by atoms with Crippen LogP contribution in [-0.4, -0.2) is 17.0 Å². The van der Waals surface area contributed by atoms with Crippen LogP contribution in [0, 0.1) is 12.8 Å². The van der Waals surface area contributed by atoms with E-state index in [1.165, 1.54) is 12.8 Å². The summed E-state index contributed by atoms with van der Waals surface area (Å²) >= 11 is 1.16. The summed E-state index contributed by atoms with van der Waals surface area (Å²) in [5, 5.41) is 13.7. The van der Waals surface area contributed by atoms with Crippen LogP contribution in [0.2, 0.25) is 0 Å². The number of thiophene rings is 1. The maximum Gasteiger partial charge on any atom is 0.348 e. The molecule has 1 saturated carbocycles. The van der Waals surface area contributed by atoms with E-state index < -0.39 is 5.97 Å². The molecule has 0 bridgehead atoms. The molecular formula is C14H19NO3S. The molecule has 2 rings (SSSR count). The van der Waals surface area contributed by atoms with Gasteiger partial charge in [-0.3, -0.25) is 4.79 Å². The second kappa shape index (κ2) is 6.19. The third-order valence-corrected chi connectivity index (χ3v) is 4.73. The number of carboxylic acid groups (broad SMARTS) is 1. The van der Waals surface area contributed by atoms with Crippen LogP contribution in [0.4, 0.5) is 5.69 Å². The van der Waals surface area contributed by atoms with E-state index in [2.05, 4.69) is 5.32 Å². The quantitative estimate of drug-likeness (QED) is 0.831. The summed E-state index contributed by atoms with van der Waals surface area (Å²) in [5.41, 5.74) is 1.30. The second-order valence-corrected chi connectivity index (χ2v) is 5.99. The minimum atomic E-state index is -0.978. The van der Waals surface area contributed by atoms with Gasteiger partial charge in [-0.05, 0) is 30.7 Å². The standard InChI is InChI=1S/C14H19NO3S/c1-9-8-19-12(14(17)18)11(9)15-13(16)10-6-4-2-3-5-7-10/h8,10H,2-7H2,1H3,(H,15,16)(H,17,18). The molecule has 0 aromatic carbocycles. The molecule has 19 heavy (non-hydrogen) atoms. The zero-order chi connectivity index (χ0) is 13.8. The average molecular weight is 281 g/mol. The third kappa shape index (κ3) is 3.35. The van der Waals surface area contributed by atoms with E-state index >= 15 is 0 Å². The summed E-state index contributed by atoms with van der Waals surface area (Å²) in [6, 6.07) is 0. The van der Waals surface area contributed by atoms with Crippen LogP contribution in [0.5, 0.6) is 0 Å². The molecule has 1 fully saturated rings. The third-order valence-electron chi connectivity index (χ3n) is 3.64. The van der Waals surface area contributed by atoms with Crippen molar-refractivity contribution >= 4 is 28.9 Å². The summed E-state index contributed by atoms with van der Waals surface area (Å²) in [6.45, 7) is 1.83. The Morgan fingerprint density at radius 1 is 1.26 bits per heavy atom. The topological polar surface area (TPSA) is 66.4 Å². The maximum absolute atomic E-state index is 12.2. The summed E-state index contributed by atoms with van der Waals surface area (Å²) in [7, 11) is 0. The number of aryl methyl sites for hydroxylation is 1. The lowest BCUT2D eigenvalue weighted by atomic mass is 9.99. The molecule has 0 saturated heterocycles. The highest BCUT2D eigenvalue weighted by Gasteiger charge is 2.23. The van der Waals surface area contributed by atoms with Crippen LogP contribution in [0.15, 0.2) is 5.38 Å². The Morgan fingerprint density at radius 3 is 2.47 bits per heavy atom. The number of carboxylic acids is 1. The number of carbonyl (C=O) groups is 2. The fourth-order valence-corrected chi connectivity index (χ4v) is 3.37. The van der Waals surface area contributed by atoms with E-state index in [-0.39, 0.29) is 16.7 Å². The molecule has 0 atom stereocenters. The maximum atomic E-state index is 12.2. The van der Waals surface area contributed by atoms with Gasteiger partial charge in [0.2, 0.25) is 5.91 Å². The molecule has 104 valence electrons. The largest absolute Gasteiger partial charge is 0.477 e. The number of rotatable bonds is 3. The highest BCUT2D eigenvalue weighted by Crippen LogP contribution is 2.30. The minimum absolute atomic E-state index is 0.0223. The Balaban J connectivity index is 2.09. The van der Waals surface area contributed by atoms with Gasteiger partial charge in [-0.25, -0.2) is 4.79 Å². The highest BCUT2D eigenvalue weighted by molar-refractivity contribution is 7.12. The SMILES string of the molecule is Cc1csc(C(=O)O)c1NC(=O)C1CCCCCC1. The molecule has 1 amide bonds. The molecule has 1 aromatic heterocycles. The molecule has 1 aliphatic carbocycles. The van der Waals surface area contributed by atoms with Crippen LogP contribution in [0.25, 0.3) is 0 Å². The molecule has 1 heterocycles. The zero-order valence-electron chi connectivity index (χ0n) is 11.1. The normalized spacial score (nSPS) is 16.9. The van der Waals surface area contributed by atoms with E-state index in [1.807, 2.05) is 6.92 Å². The molecule has 2 N–H and O–H groups in total. The number of carbonyl (C=O) groups excluding carboxylic acids is 1. The van der Waals surface area contributed by atoms with Crippen LogP contribution in [-0.2, 0) is 4.79 Å². The van der Waals surface area contributed by atoms with Gasteiger partial charge in [0, 0.05) is 5.92 Å². The van der Waals surface area contributed by atoms with Crippen molar-refractivity contribution in [1.29, 1.82) is 0 Å². The van der Waals surface area contributed by atoms with Crippen LogP contribution in [0.1, 0.15) is 53.8 Å². The van der Waals surface area contributed by atoms with Gasteiger partial charge in [0.15, 0.2) is 0 Å². The van der Waals surface area contributed by atoms with Gasteiger partial charge < -0.3 is 10.4 Å². The predicted octanol–water partition coefficient (Wildman–Crippen LogP) is 3.66. The van der Waals surface area contributed by atoms with Crippen LogP contribution in [0.3, 0.4) is 0 Å². The Morgan fingerprint density at radius 2 is 1.89 bits per heavy atom. The van der Waals surface area contributed by atoms with Crippen molar-refractivity contribution in [2.45, 2.75) is 45.4 Å². The van der Waals surface area contributed by atoms with Gasteiger partial charge in [-0.1, -0.05) is 25.7 Å². The summed E-state index contributed by atoms with van der Waals surface area (Å²) in [5.74, 6) is -0.969. The molecule has 4 nitrogen and oxygen atoms in total. The lowest BCUT2D eigenvalue weighted by Crippen LogP contribution is -2.23. The van der Waals surface area contributed by atoms with Gasteiger partial charge in [-0.2, -0.15) is 0 Å². The van der Waals surface area contributed by atoms with Crippen LogP contribution < -0.4 is 5.32 Å². The average Bonchev–Trinajstić information content (AvgIpc) is 2.60. The number of hydrogen-bond acceptors (Lipinski definition) is 3. The predicted molar refractivity (Wildman–Crippen MR) is 75.8 cm³/mol. The monoisotopic (exact) mass is 281 g/mol. The molecule has 0 unspecified atom stereocenters. The summed E-state index contributed by atoms with van der Waals surface area (Å²) < 4.78 is 0. The number of hydrogen-bond donors (Lipinski definition) is 2. The van der Waals surface area contributed by atoms with E-state index in [0.29, 0.717) is 5.69 Å². The molecule has 1 aromatic rings. The molecule has 0 spiro atoms. The van der Waals surface area contributed by atoms with E-state index in [9.17, 15) is 9.59 Å². The highest BCUT2D eigenvalue weighted by atomic mass is 32.1. The molecule has 0 aliphatic heterocycles. The van der Waals surface area contributed by atoms with Crippen molar-refractivity contribution in [1.82, 2.24) is 0 Å². The molecule has 0 radical (unpaired) electrons. The lowest BCUT2D eigenvalue weighted by Gasteiger charge is -2.14. The number of aromatic carboxylic acids is 1. The van der Waals surface area contributed by atoms with E-state index in [1.54, 1.807) is 5.38 Å². The fourth-order valence-electron chi connectivity index (χ4n) is 2.52. The van der Waals surface area contributed by atoms with Crippen molar-refractivity contribution < 1.29 is 14.7 Å². The smallest absolute Gasteiger partial charge is 0.348 e. The van der Waals surface area contributed by atoms with Crippen molar-refractivity contribution in [3.63, 3.8) is 0 Å². The van der Waals surface area contributed by atoms with E-state index in [0.717, 1.165) is 42.6 Å². The van der Waals surface area contributed by atoms with Gasteiger partial charge >= 0.3 is 5.97 Å². The van der Waals surface area contributed by atoms with Crippen molar-refractivity contribution in [3.05, 3.63) is 15.8 Å². The zero-order valence-corrected chi connectivity index (χ0v) is 11.9. The first-order valence-corrected chi connectivity index (χ1v) is 7.60. The Labute approximate surface area is 116 Å². The molecule has 5 heteroatoms. The fraction of sp³-hybridized carbons (Fsp3) is 0.571. The Hall–Kier alpha value is -1.36. The first-order valence-electron chi connectivity index (χ1n) is 6.72. The van der Waals surface area contributed by atoms with Gasteiger partial charge in [0.25, 0.3) is 0 Å². The first kappa shape index (κ1) is 14.1. The van der Waals surface area contributed by atoms with Crippen molar-refractivity contribution in [2.24, 2.45) is 5.92 Å². The first-order chi connectivity index (χ1) is 9.09. The van der Waals surface area contributed by atoms with Crippen molar-refractivity contribution in [2.75, 3.05) is 5.32 Å². The molecule has 1 aliphatic rings. The summed E-state index contributed by atoms with van der Waals surface area (Å²) in [6.07, 6.45) is 6.40. The summed E-state index contributed by atoms with van der Waals surface area (Å²) in [4.78, 5) is 23.6. The number of anilines is 1. The Kier molecular flexibility index (Phi) is 4.58. The van der Waals surface area contributed by atoms with E-state index in [4.69, 9.17) is 5.11 Å². The van der Waals surface area contributed by atoms with Gasteiger partial charge in [0.1, 0.15) is 4.88 Å². The van der Waals surface area contributed by atoms with Gasteiger partial charge in [-0.15, -0.1) is 11.3 Å². The number of nitrogens with one attached hydrogen (secondary N) is 1.